The van der Waals surface area contributed by atoms with E-state index in [9.17, 15) is 9.90 Å². The topological polar surface area (TPSA) is 60.8 Å². The summed E-state index contributed by atoms with van der Waals surface area (Å²) in [6.45, 7) is 5.08. The molecule has 0 saturated heterocycles. The van der Waals surface area contributed by atoms with Gasteiger partial charge in [0.1, 0.15) is 0 Å². The Morgan fingerprint density at radius 3 is 2.46 bits per heavy atom. The molecule has 0 saturated carbocycles. The van der Waals surface area contributed by atoms with Crippen molar-refractivity contribution in [2.24, 2.45) is 0 Å². The van der Waals surface area contributed by atoms with E-state index in [0.29, 0.717) is 13.0 Å². The average Bonchev–Trinajstić information content (AvgIpc) is 2.03. The molecule has 0 aliphatic carbocycles. The molecule has 0 aliphatic heterocycles. The van der Waals surface area contributed by atoms with Crippen LogP contribution in [0, 0.1) is 0 Å². The molecule has 0 spiro atoms. The number of carboxylic acids is 1. The first-order valence-corrected chi connectivity index (χ1v) is 4.72. The van der Waals surface area contributed by atoms with Gasteiger partial charge in [0.25, 0.3) is 0 Å². The lowest BCUT2D eigenvalue weighted by Crippen LogP contribution is -2.36. The van der Waals surface area contributed by atoms with Gasteiger partial charge in [-0.25, -0.2) is 0 Å². The maximum atomic E-state index is 10.4. The summed E-state index contributed by atoms with van der Waals surface area (Å²) in [7, 11) is 0. The van der Waals surface area contributed by atoms with Crippen molar-refractivity contribution < 1.29 is 15.0 Å². The van der Waals surface area contributed by atoms with Gasteiger partial charge in [-0.3, -0.25) is 9.69 Å². The third-order valence-electron chi connectivity index (χ3n) is 1.84. The fourth-order valence-corrected chi connectivity index (χ4v) is 1.17. The zero-order valence-electron chi connectivity index (χ0n) is 8.36. The van der Waals surface area contributed by atoms with E-state index in [1.807, 2.05) is 13.8 Å². The molecule has 2 N–H and O–H groups in total. The maximum Gasteiger partial charge on any atom is 0.317 e. The number of hydrogen-bond acceptors (Lipinski definition) is 3. The van der Waals surface area contributed by atoms with Crippen molar-refractivity contribution in [3.05, 3.63) is 0 Å². The maximum absolute atomic E-state index is 10.4. The van der Waals surface area contributed by atoms with Gasteiger partial charge in [-0.1, -0.05) is 13.8 Å². The van der Waals surface area contributed by atoms with Crippen molar-refractivity contribution in [1.82, 2.24) is 4.90 Å². The Morgan fingerprint density at radius 1 is 1.46 bits per heavy atom. The van der Waals surface area contributed by atoms with E-state index >= 15 is 0 Å². The van der Waals surface area contributed by atoms with Crippen LogP contribution in [0.4, 0.5) is 0 Å². The lowest BCUT2D eigenvalue weighted by atomic mass is 10.2. The molecule has 0 amide bonds. The van der Waals surface area contributed by atoms with E-state index in [0.717, 1.165) is 13.0 Å². The van der Waals surface area contributed by atoms with E-state index in [-0.39, 0.29) is 6.54 Å². The summed E-state index contributed by atoms with van der Waals surface area (Å²) in [6.07, 6.45) is 1.16. The fraction of sp³-hybridized carbons (Fsp3) is 0.889. The third kappa shape index (κ3) is 6.54. The Kier molecular flexibility index (Phi) is 6.54. The summed E-state index contributed by atoms with van der Waals surface area (Å²) in [4.78, 5) is 12.2. The van der Waals surface area contributed by atoms with Crippen LogP contribution in [0.3, 0.4) is 0 Å². The van der Waals surface area contributed by atoms with E-state index in [4.69, 9.17) is 5.11 Å². The second kappa shape index (κ2) is 6.86. The minimum Gasteiger partial charge on any atom is -0.480 e. The van der Waals surface area contributed by atoms with Crippen LogP contribution in [0.5, 0.6) is 0 Å². The van der Waals surface area contributed by atoms with Gasteiger partial charge < -0.3 is 10.2 Å². The molecule has 0 fully saturated rings. The molecule has 4 nitrogen and oxygen atoms in total. The van der Waals surface area contributed by atoms with Crippen LogP contribution >= 0.6 is 0 Å². The van der Waals surface area contributed by atoms with Crippen molar-refractivity contribution in [1.29, 1.82) is 0 Å². The number of aliphatic hydroxyl groups is 1. The van der Waals surface area contributed by atoms with Crippen LogP contribution < -0.4 is 0 Å². The van der Waals surface area contributed by atoms with Crippen molar-refractivity contribution >= 4 is 5.97 Å². The van der Waals surface area contributed by atoms with Gasteiger partial charge in [0.15, 0.2) is 0 Å². The van der Waals surface area contributed by atoms with Crippen LogP contribution in [-0.4, -0.2) is 46.8 Å². The molecule has 13 heavy (non-hydrogen) atoms. The molecule has 0 radical (unpaired) electrons. The second-order valence-electron chi connectivity index (χ2n) is 3.19. The summed E-state index contributed by atoms with van der Waals surface area (Å²) >= 11 is 0. The molecule has 0 aromatic carbocycles. The third-order valence-corrected chi connectivity index (χ3v) is 1.84. The minimum absolute atomic E-state index is 0.0188. The number of carbonyl (C=O) groups is 1. The highest BCUT2D eigenvalue weighted by Gasteiger charge is 2.12. The number of carboxylic acid groups (broad SMARTS) is 1. The lowest BCUT2D eigenvalue weighted by Gasteiger charge is -2.21. The van der Waals surface area contributed by atoms with Gasteiger partial charge in [-0.15, -0.1) is 0 Å². The SMILES string of the molecule is CCCN(CC(=O)O)CC(O)CC. The quantitative estimate of drug-likeness (QED) is 0.614. The highest BCUT2D eigenvalue weighted by Crippen LogP contribution is 1.97. The molecule has 1 unspecified atom stereocenters. The Hall–Kier alpha value is -0.610. The lowest BCUT2D eigenvalue weighted by molar-refractivity contribution is -0.138. The monoisotopic (exact) mass is 189 g/mol. The summed E-state index contributed by atoms with van der Waals surface area (Å²) in [5, 5.41) is 17.9. The number of aliphatic carboxylic acids is 1. The normalized spacial score (nSPS) is 13.2. The zero-order chi connectivity index (χ0) is 10.3. The van der Waals surface area contributed by atoms with Crippen molar-refractivity contribution in [2.45, 2.75) is 32.8 Å². The zero-order valence-corrected chi connectivity index (χ0v) is 8.36. The van der Waals surface area contributed by atoms with Gasteiger partial charge in [0, 0.05) is 6.54 Å². The van der Waals surface area contributed by atoms with Gasteiger partial charge in [-0.05, 0) is 19.4 Å². The minimum atomic E-state index is -0.836. The molecule has 0 aromatic heterocycles. The summed E-state index contributed by atoms with van der Waals surface area (Å²) in [5.41, 5.74) is 0. The first kappa shape index (κ1) is 12.4. The van der Waals surface area contributed by atoms with E-state index in [2.05, 4.69) is 0 Å². The molecular weight excluding hydrogens is 170 g/mol. The Bertz CT molecular complexity index is 150. The van der Waals surface area contributed by atoms with Crippen molar-refractivity contribution in [2.75, 3.05) is 19.6 Å². The van der Waals surface area contributed by atoms with E-state index < -0.39 is 12.1 Å². The van der Waals surface area contributed by atoms with Gasteiger partial charge in [0.2, 0.25) is 0 Å². The van der Waals surface area contributed by atoms with Crippen LogP contribution in [0.1, 0.15) is 26.7 Å². The number of nitrogens with zero attached hydrogens (tertiary/aromatic N) is 1. The predicted molar refractivity (Wildman–Crippen MR) is 50.7 cm³/mol. The standard InChI is InChI=1S/C9H19NO3/c1-3-5-10(7-9(12)13)6-8(11)4-2/h8,11H,3-7H2,1-2H3,(H,12,13). The first-order chi connectivity index (χ1) is 6.10. The Labute approximate surface area is 79.2 Å². The molecule has 0 bridgehead atoms. The summed E-state index contributed by atoms with van der Waals surface area (Å²) in [5.74, 6) is -0.836. The van der Waals surface area contributed by atoms with E-state index in [1.165, 1.54) is 0 Å². The van der Waals surface area contributed by atoms with Crippen LogP contribution in [0.25, 0.3) is 0 Å². The number of rotatable bonds is 7. The Morgan fingerprint density at radius 2 is 2.08 bits per heavy atom. The molecule has 0 rings (SSSR count). The smallest absolute Gasteiger partial charge is 0.317 e. The molecule has 0 aliphatic rings. The van der Waals surface area contributed by atoms with Crippen LogP contribution in [0.15, 0.2) is 0 Å². The molecule has 4 heteroatoms. The van der Waals surface area contributed by atoms with Gasteiger partial charge in [0.05, 0.1) is 12.6 Å². The van der Waals surface area contributed by atoms with Gasteiger partial charge in [-0.2, -0.15) is 0 Å². The van der Waals surface area contributed by atoms with Crippen molar-refractivity contribution in [3.8, 4) is 0 Å². The number of aliphatic hydroxyl groups excluding tert-OH is 1. The van der Waals surface area contributed by atoms with E-state index in [1.54, 1.807) is 4.90 Å². The summed E-state index contributed by atoms with van der Waals surface area (Å²) < 4.78 is 0. The molecule has 78 valence electrons. The van der Waals surface area contributed by atoms with Crippen molar-refractivity contribution in [3.63, 3.8) is 0 Å². The van der Waals surface area contributed by atoms with Crippen LogP contribution in [0.2, 0.25) is 0 Å². The largest absolute Gasteiger partial charge is 0.480 e. The molecule has 0 heterocycles. The Balaban J connectivity index is 3.85. The predicted octanol–water partition coefficient (Wildman–Crippen LogP) is 0.554. The van der Waals surface area contributed by atoms with Gasteiger partial charge >= 0.3 is 5.97 Å². The molecular formula is C9H19NO3. The number of hydrogen-bond donors (Lipinski definition) is 2. The van der Waals surface area contributed by atoms with Crippen LogP contribution in [-0.2, 0) is 4.79 Å². The average molecular weight is 189 g/mol. The molecule has 1 atom stereocenters. The molecule has 0 aromatic rings. The fourth-order valence-electron chi connectivity index (χ4n) is 1.17. The first-order valence-electron chi connectivity index (χ1n) is 4.72. The summed E-state index contributed by atoms with van der Waals surface area (Å²) in [6, 6.07) is 0. The highest BCUT2D eigenvalue weighted by atomic mass is 16.4. The second-order valence-corrected chi connectivity index (χ2v) is 3.19. The highest BCUT2D eigenvalue weighted by molar-refractivity contribution is 5.69.